The third-order valence-electron chi connectivity index (χ3n) is 2.55. The van der Waals surface area contributed by atoms with Crippen molar-refractivity contribution in [3.8, 4) is 0 Å². The molecule has 2 aromatic rings. The van der Waals surface area contributed by atoms with Gasteiger partial charge in [0.25, 0.3) is 0 Å². The van der Waals surface area contributed by atoms with Gasteiger partial charge in [-0.3, -0.25) is 0 Å². The van der Waals surface area contributed by atoms with Gasteiger partial charge >= 0.3 is 0 Å². The van der Waals surface area contributed by atoms with E-state index in [0.717, 1.165) is 16.1 Å². The van der Waals surface area contributed by atoms with E-state index in [-0.39, 0.29) is 4.83 Å². The predicted molar refractivity (Wildman–Crippen MR) is 75.9 cm³/mol. The lowest BCUT2D eigenvalue weighted by Gasteiger charge is -2.11. The van der Waals surface area contributed by atoms with Crippen LogP contribution in [0.1, 0.15) is 16.0 Å². The number of benzene rings is 2. The van der Waals surface area contributed by atoms with Gasteiger partial charge in [0.1, 0.15) is 11.6 Å². The molecule has 1 unspecified atom stereocenters. The molecule has 0 saturated heterocycles. The molecule has 1 atom stereocenters. The molecule has 2 aromatic carbocycles. The minimum Gasteiger partial charge on any atom is -0.207 e. The van der Waals surface area contributed by atoms with Crippen LogP contribution in [0.5, 0.6) is 0 Å². The summed E-state index contributed by atoms with van der Waals surface area (Å²) in [4.78, 5) is -0.114. The molecule has 0 heterocycles. The van der Waals surface area contributed by atoms with Crippen LogP contribution in [0, 0.1) is 11.6 Å². The molecular weight excluding hydrogens is 366 g/mol. The van der Waals surface area contributed by atoms with Crippen LogP contribution in [-0.4, -0.2) is 0 Å². The lowest BCUT2D eigenvalue weighted by Crippen LogP contribution is -1.97. The predicted octanol–water partition coefficient (Wildman–Crippen LogP) is 5.41. The summed E-state index contributed by atoms with van der Waals surface area (Å²) in [6.45, 7) is 0. The van der Waals surface area contributed by atoms with Crippen molar-refractivity contribution in [3.05, 3.63) is 69.7 Å². The molecule has 0 fully saturated rings. The molecular formula is C14H10Br2F2. The van der Waals surface area contributed by atoms with Crippen LogP contribution in [0.4, 0.5) is 8.78 Å². The summed E-state index contributed by atoms with van der Waals surface area (Å²) in [5, 5.41) is 0. The molecule has 0 amide bonds. The van der Waals surface area contributed by atoms with E-state index in [2.05, 4.69) is 31.9 Å². The van der Waals surface area contributed by atoms with E-state index >= 15 is 0 Å². The highest BCUT2D eigenvalue weighted by Crippen LogP contribution is 2.29. The van der Waals surface area contributed by atoms with Crippen LogP contribution >= 0.6 is 31.9 Å². The third kappa shape index (κ3) is 3.62. The van der Waals surface area contributed by atoms with E-state index in [1.54, 1.807) is 0 Å². The summed E-state index contributed by atoms with van der Waals surface area (Å²) in [6, 6.07) is 11.4. The second kappa shape index (κ2) is 5.93. The number of hydrogen-bond donors (Lipinski definition) is 0. The summed E-state index contributed by atoms with van der Waals surface area (Å²) >= 11 is 6.86. The summed E-state index contributed by atoms with van der Waals surface area (Å²) in [7, 11) is 0. The van der Waals surface area contributed by atoms with Gasteiger partial charge in [-0.05, 0) is 41.8 Å². The number of hydrogen-bond acceptors (Lipinski definition) is 0. The fourth-order valence-corrected chi connectivity index (χ4v) is 2.83. The highest BCUT2D eigenvalue weighted by Gasteiger charge is 2.11. The van der Waals surface area contributed by atoms with Crippen molar-refractivity contribution in [3.63, 3.8) is 0 Å². The molecule has 0 aliphatic rings. The van der Waals surface area contributed by atoms with E-state index in [9.17, 15) is 8.78 Å². The molecule has 94 valence electrons. The summed E-state index contributed by atoms with van der Waals surface area (Å²) in [5.74, 6) is -1.10. The van der Waals surface area contributed by atoms with Crippen molar-refractivity contribution >= 4 is 31.9 Å². The van der Waals surface area contributed by atoms with Gasteiger partial charge in [0.2, 0.25) is 0 Å². The van der Waals surface area contributed by atoms with Crippen molar-refractivity contribution in [1.29, 1.82) is 0 Å². The Labute approximate surface area is 121 Å². The zero-order valence-corrected chi connectivity index (χ0v) is 12.5. The first-order valence-corrected chi connectivity index (χ1v) is 7.10. The van der Waals surface area contributed by atoms with E-state index in [0.29, 0.717) is 12.0 Å². The molecule has 0 spiro atoms. The van der Waals surface area contributed by atoms with Gasteiger partial charge in [0, 0.05) is 15.4 Å². The fraction of sp³-hybridized carbons (Fsp3) is 0.143. The molecule has 4 heteroatoms. The topological polar surface area (TPSA) is 0 Å². The Morgan fingerprint density at radius 1 is 1.00 bits per heavy atom. The molecule has 0 aliphatic heterocycles. The maximum Gasteiger partial charge on any atom is 0.126 e. The lowest BCUT2D eigenvalue weighted by molar-refractivity contribution is 0.579. The number of alkyl halides is 1. The molecule has 0 nitrogen and oxygen atoms in total. The standard InChI is InChI=1S/C14H10Br2F2/c15-11-3-1-2-9(4-11)5-14(16)10-6-12(17)8-13(18)7-10/h1-4,6-8,14H,5H2. The van der Waals surface area contributed by atoms with Gasteiger partial charge in [0.05, 0.1) is 0 Å². The highest BCUT2D eigenvalue weighted by molar-refractivity contribution is 9.10. The summed E-state index contributed by atoms with van der Waals surface area (Å²) in [5.41, 5.74) is 1.70. The Hall–Kier alpha value is -0.740. The van der Waals surface area contributed by atoms with Gasteiger partial charge < -0.3 is 0 Å². The van der Waals surface area contributed by atoms with Gasteiger partial charge in [-0.15, -0.1) is 0 Å². The van der Waals surface area contributed by atoms with Crippen LogP contribution in [0.2, 0.25) is 0 Å². The minimum absolute atomic E-state index is 0.114. The quantitative estimate of drug-likeness (QED) is 0.629. The smallest absolute Gasteiger partial charge is 0.126 e. The first kappa shape index (κ1) is 13.7. The van der Waals surface area contributed by atoms with Crippen molar-refractivity contribution in [2.24, 2.45) is 0 Å². The number of rotatable bonds is 3. The SMILES string of the molecule is Fc1cc(F)cc(C(Br)Cc2cccc(Br)c2)c1. The third-order valence-corrected chi connectivity index (χ3v) is 3.90. The first-order chi connectivity index (χ1) is 8.54. The van der Waals surface area contributed by atoms with E-state index in [1.807, 2.05) is 24.3 Å². The van der Waals surface area contributed by atoms with Gasteiger partial charge in [-0.25, -0.2) is 8.78 Å². The van der Waals surface area contributed by atoms with Gasteiger partial charge in [-0.2, -0.15) is 0 Å². The average molecular weight is 376 g/mol. The largest absolute Gasteiger partial charge is 0.207 e. The van der Waals surface area contributed by atoms with Gasteiger partial charge in [-0.1, -0.05) is 44.0 Å². The van der Waals surface area contributed by atoms with Crippen LogP contribution in [0.25, 0.3) is 0 Å². The Morgan fingerprint density at radius 3 is 2.28 bits per heavy atom. The van der Waals surface area contributed by atoms with E-state index in [1.165, 1.54) is 12.1 Å². The van der Waals surface area contributed by atoms with Crippen LogP contribution < -0.4 is 0 Å². The van der Waals surface area contributed by atoms with E-state index < -0.39 is 11.6 Å². The normalized spacial score (nSPS) is 12.4. The van der Waals surface area contributed by atoms with Crippen molar-refractivity contribution < 1.29 is 8.78 Å². The molecule has 0 aromatic heterocycles. The minimum atomic E-state index is -0.552. The van der Waals surface area contributed by atoms with Crippen molar-refractivity contribution in [1.82, 2.24) is 0 Å². The second-order valence-electron chi connectivity index (χ2n) is 4.00. The Balaban J connectivity index is 2.19. The second-order valence-corrected chi connectivity index (χ2v) is 6.03. The van der Waals surface area contributed by atoms with Gasteiger partial charge in [0.15, 0.2) is 0 Å². The summed E-state index contributed by atoms with van der Waals surface area (Å²) in [6.07, 6.45) is 0.669. The molecule has 0 N–H and O–H groups in total. The average Bonchev–Trinajstić information content (AvgIpc) is 2.27. The lowest BCUT2D eigenvalue weighted by atomic mass is 10.0. The van der Waals surface area contributed by atoms with Crippen molar-refractivity contribution in [2.45, 2.75) is 11.2 Å². The Kier molecular flexibility index (Phi) is 4.51. The maximum atomic E-state index is 13.1. The number of halogens is 4. The van der Waals surface area contributed by atoms with E-state index in [4.69, 9.17) is 0 Å². The molecule has 0 saturated carbocycles. The first-order valence-electron chi connectivity index (χ1n) is 5.39. The van der Waals surface area contributed by atoms with Crippen LogP contribution in [-0.2, 0) is 6.42 Å². The Morgan fingerprint density at radius 2 is 1.67 bits per heavy atom. The highest BCUT2D eigenvalue weighted by atomic mass is 79.9. The van der Waals surface area contributed by atoms with Crippen LogP contribution in [0.15, 0.2) is 46.9 Å². The Bertz CT molecular complexity index is 535. The molecule has 2 rings (SSSR count). The maximum absolute atomic E-state index is 13.1. The van der Waals surface area contributed by atoms with Crippen molar-refractivity contribution in [2.75, 3.05) is 0 Å². The molecule has 18 heavy (non-hydrogen) atoms. The molecule has 0 bridgehead atoms. The zero-order chi connectivity index (χ0) is 13.1. The molecule has 0 aliphatic carbocycles. The summed E-state index contributed by atoms with van der Waals surface area (Å²) < 4.78 is 27.2. The monoisotopic (exact) mass is 374 g/mol. The zero-order valence-electron chi connectivity index (χ0n) is 9.34. The van der Waals surface area contributed by atoms with Crippen LogP contribution in [0.3, 0.4) is 0 Å². The fourth-order valence-electron chi connectivity index (χ4n) is 1.74. The molecule has 0 radical (unpaired) electrons.